The molecule has 0 amide bonds. The molecule has 0 bridgehead atoms. The fourth-order valence-corrected chi connectivity index (χ4v) is 4.80. The number of aromatic nitrogens is 4. The molecule has 1 aliphatic heterocycles. The average molecular weight is 453 g/mol. The van der Waals surface area contributed by atoms with Crippen molar-refractivity contribution >= 4 is 11.3 Å². The number of aliphatic hydroxyl groups excluding tert-OH is 1. The van der Waals surface area contributed by atoms with Crippen molar-refractivity contribution in [3.63, 3.8) is 0 Å². The van der Waals surface area contributed by atoms with Crippen molar-refractivity contribution in [1.82, 2.24) is 19.3 Å². The molecule has 9 heteroatoms. The molecule has 7 nitrogen and oxygen atoms in total. The maximum atomic E-state index is 14.9. The van der Waals surface area contributed by atoms with Gasteiger partial charge in [-0.25, -0.2) is 14.2 Å². The first kappa shape index (κ1) is 20.6. The maximum absolute atomic E-state index is 14.9. The fraction of sp³-hybridized carbons (Fsp3) is 0.261. The van der Waals surface area contributed by atoms with Crippen molar-refractivity contribution in [3.8, 4) is 16.5 Å². The molecule has 2 atom stereocenters. The number of thiazole rings is 1. The number of fused-ring (bicyclic) bond motifs is 1. The van der Waals surface area contributed by atoms with Crippen LogP contribution in [0.5, 0.6) is 10.8 Å². The SMILES string of the molecule is Cc1nc(C(C)O)sc1Oc1ccc(-n2nc3n(c2=O)[C@H](c2ccccc2)CC3)cc1F. The first-order valence-corrected chi connectivity index (χ1v) is 11.1. The third-order valence-corrected chi connectivity index (χ3v) is 6.71. The second-order valence-corrected chi connectivity index (χ2v) is 8.76. The quantitative estimate of drug-likeness (QED) is 0.488. The maximum Gasteiger partial charge on any atom is 0.351 e. The summed E-state index contributed by atoms with van der Waals surface area (Å²) in [5.41, 5.74) is 1.67. The van der Waals surface area contributed by atoms with Crippen LogP contribution < -0.4 is 10.4 Å². The Labute approximate surface area is 187 Å². The normalized spacial score (nSPS) is 16.2. The predicted octanol–water partition coefficient (Wildman–Crippen LogP) is 4.32. The fourth-order valence-electron chi connectivity index (χ4n) is 3.94. The van der Waals surface area contributed by atoms with Gasteiger partial charge in [-0.1, -0.05) is 41.7 Å². The molecule has 164 valence electrons. The zero-order valence-corrected chi connectivity index (χ0v) is 18.3. The molecule has 32 heavy (non-hydrogen) atoms. The molecule has 4 aromatic rings. The molecule has 5 rings (SSSR count). The minimum atomic E-state index is -0.724. The van der Waals surface area contributed by atoms with Crippen LogP contribution in [0.2, 0.25) is 0 Å². The summed E-state index contributed by atoms with van der Waals surface area (Å²) in [4.78, 5) is 17.4. The van der Waals surface area contributed by atoms with Gasteiger partial charge in [-0.3, -0.25) is 4.57 Å². The Morgan fingerprint density at radius 1 is 1.25 bits per heavy atom. The minimum absolute atomic E-state index is 0.0135. The molecule has 0 aliphatic carbocycles. The van der Waals surface area contributed by atoms with Crippen LogP contribution in [0.25, 0.3) is 5.69 Å². The second kappa shape index (κ2) is 7.99. The van der Waals surface area contributed by atoms with Crippen LogP contribution in [0.3, 0.4) is 0 Å². The van der Waals surface area contributed by atoms with Crippen molar-refractivity contribution in [1.29, 1.82) is 0 Å². The number of aliphatic hydroxyl groups is 1. The summed E-state index contributed by atoms with van der Waals surface area (Å²) in [5, 5.41) is 15.1. The van der Waals surface area contributed by atoms with Crippen LogP contribution in [0, 0.1) is 12.7 Å². The average Bonchev–Trinajstić information content (AvgIpc) is 3.45. The Balaban J connectivity index is 1.45. The monoisotopic (exact) mass is 452 g/mol. The molecule has 2 aromatic heterocycles. The highest BCUT2D eigenvalue weighted by molar-refractivity contribution is 7.13. The zero-order chi connectivity index (χ0) is 22.4. The van der Waals surface area contributed by atoms with E-state index in [1.54, 1.807) is 24.5 Å². The van der Waals surface area contributed by atoms with Crippen LogP contribution in [0.1, 0.15) is 47.6 Å². The Morgan fingerprint density at radius 3 is 2.72 bits per heavy atom. The number of hydrogen-bond donors (Lipinski definition) is 1. The minimum Gasteiger partial charge on any atom is -0.442 e. The summed E-state index contributed by atoms with van der Waals surface area (Å²) in [5.74, 6) is 0.0868. The lowest BCUT2D eigenvalue weighted by molar-refractivity contribution is 0.198. The van der Waals surface area contributed by atoms with Crippen LogP contribution in [0.15, 0.2) is 53.3 Å². The van der Waals surface area contributed by atoms with Gasteiger partial charge in [0.2, 0.25) is 5.06 Å². The molecule has 1 aliphatic rings. The molecule has 0 fully saturated rings. The summed E-state index contributed by atoms with van der Waals surface area (Å²) in [6, 6.07) is 14.1. The van der Waals surface area contributed by atoms with Crippen molar-refractivity contribution in [2.45, 2.75) is 38.8 Å². The predicted molar refractivity (Wildman–Crippen MR) is 118 cm³/mol. The first-order chi connectivity index (χ1) is 15.4. The Kier molecular flexibility index (Phi) is 5.15. The molecular formula is C23H21FN4O3S. The van der Waals surface area contributed by atoms with Gasteiger partial charge in [0, 0.05) is 12.5 Å². The van der Waals surface area contributed by atoms with Crippen molar-refractivity contribution in [2.24, 2.45) is 0 Å². The van der Waals surface area contributed by atoms with Gasteiger partial charge in [0.05, 0.1) is 17.4 Å². The number of nitrogens with zero attached hydrogens (tertiary/aromatic N) is 4. The van der Waals surface area contributed by atoms with Crippen LogP contribution in [-0.2, 0) is 6.42 Å². The van der Waals surface area contributed by atoms with Gasteiger partial charge in [-0.05, 0) is 38.0 Å². The lowest BCUT2D eigenvalue weighted by Crippen LogP contribution is -2.26. The highest BCUT2D eigenvalue weighted by atomic mass is 32.1. The number of hydrogen-bond acceptors (Lipinski definition) is 6. The highest BCUT2D eigenvalue weighted by Crippen LogP contribution is 2.35. The second-order valence-electron chi connectivity index (χ2n) is 7.76. The third-order valence-electron chi connectivity index (χ3n) is 5.51. The molecule has 1 N–H and O–H groups in total. The van der Waals surface area contributed by atoms with Gasteiger partial charge in [0.15, 0.2) is 11.6 Å². The lowest BCUT2D eigenvalue weighted by Gasteiger charge is -2.12. The smallest absolute Gasteiger partial charge is 0.351 e. The molecule has 2 aromatic carbocycles. The van der Waals surface area contributed by atoms with E-state index in [0.717, 1.165) is 12.0 Å². The summed E-state index contributed by atoms with van der Waals surface area (Å²) in [6.07, 6.45) is 0.770. The van der Waals surface area contributed by atoms with E-state index in [1.165, 1.54) is 28.2 Å². The van der Waals surface area contributed by atoms with Gasteiger partial charge in [-0.2, -0.15) is 4.68 Å². The third kappa shape index (κ3) is 3.53. The van der Waals surface area contributed by atoms with E-state index in [0.29, 0.717) is 33.7 Å². The molecule has 0 saturated carbocycles. The number of ether oxygens (including phenoxy) is 1. The molecule has 1 unspecified atom stereocenters. The van der Waals surface area contributed by atoms with Crippen LogP contribution >= 0.6 is 11.3 Å². The highest BCUT2D eigenvalue weighted by Gasteiger charge is 2.29. The van der Waals surface area contributed by atoms with Gasteiger partial charge in [0.1, 0.15) is 16.9 Å². The van der Waals surface area contributed by atoms with E-state index < -0.39 is 11.9 Å². The molecule has 0 radical (unpaired) electrons. The summed E-state index contributed by atoms with van der Waals surface area (Å²) in [6.45, 7) is 3.35. The van der Waals surface area contributed by atoms with Crippen molar-refractivity contribution in [3.05, 3.63) is 86.9 Å². The number of aryl methyl sites for hydroxylation is 2. The van der Waals surface area contributed by atoms with Gasteiger partial charge in [0.25, 0.3) is 0 Å². The largest absolute Gasteiger partial charge is 0.442 e. The summed E-state index contributed by atoms with van der Waals surface area (Å²) in [7, 11) is 0. The molecule has 0 spiro atoms. The van der Waals surface area contributed by atoms with Crippen LogP contribution in [-0.4, -0.2) is 24.4 Å². The van der Waals surface area contributed by atoms with Gasteiger partial charge in [-0.15, -0.1) is 5.10 Å². The van der Waals surface area contributed by atoms with E-state index in [2.05, 4.69) is 10.1 Å². The number of benzene rings is 2. The van der Waals surface area contributed by atoms with Gasteiger partial charge < -0.3 is 9.84 Å². The summed E-state index contributed by atoms with van der Waals surface area (Å²) < 4.78 is 23.5. The van der Waals surface area contributed by atoms with E-state index in [-0.39, 0.29) is 17.5 Å². The topological polar surface area (TPSA) is 82.2 Å². The van der Waals surface area contributed by atoms with Crippen LogP contribution in [0.4, 0.5) is 4.39 Å². The van der Waals surface area contributed by atoms with E-state index in [1.807, 2.05) is 30.3 Å². The molecular weight excluding hydrogens is 431 g/mol. The van der Waals surface area contributed by atoms with E-state index in [9.17, 15) is 14.3 Å². The van der Waals surface area contributed by atoms with Crippen molar-refractivity contribution < 1.29 is 14.2 Å². The molecule has 0 saturated heterocycles. The Bertz CT molecular complexity index is 1340. The standard InChI is InChI=1S/C23H21FN4O3S/c1-13-22(32-21(25-13)14(2)29)31-19-10-8-16(12-17(19)24)28-23(30)27-18(9-11-20(27)26-28)15-6-4-3-5-7-15/h3-8,10,12,14,18,29H,9,11H2,1-2H3/t14?,18-/m0/s1. The van der Waals surface area contributed by atoms with E-state index >= 15 is 0 Å². The lowest BCUT2D eigenvalue weighted by atomic mass is 10.1. The van der Waals surface area contributed by atoms with Gasteiger partial charge >= 0.3 is 5.69 Å². The first-order valence-electron chi connectivity index (χ1n) is 10.3. The zero-order valence-electron chi connectivity index (χ0n) is 17.5. The van der Waals surface area contributed by atoms with E-state index in [4.69, 9.17) is 4.74 Å². The Morgan fingerprint density at radius 2 is 2.03 bits per heavy atom. The summed E-state index contributed by atoms with van der Waals surface area (Å²) >= 11 is 1.17. The van der Waals surface area contributed by atoms with Crippen molar-refractivity contribution in [2.75, 3.05) is 0 Å². The molecule has 3 heterocycles. The number of halogens is 1. The number of rotatable bonds is 5. The Hall–Kier alpha value is -3.30.